The minimum absolute atomic E-state index is 0.0488. The third-order valence-corrected chi connectivity index (χ3v) is 8.90. The highest BCUT2D eigenvalue weighted by atomic mass is 32.2. The first-order chi connectivity index (χ1) is 23.4. The zero-order valence-electron chi connectivity index (χ0n) is 26.6. The number of amides is 1. The quantitative estimate of drug-likeness (QED) is 0.0532. The lowest BCUT2D eigenvalue weighted by molar-refractivity contribution is -0.179. The molecule has 272 valence electrons. The van der Waals surface area contributed by atoms with Crippen molar-refractivity contribution < 1.29 is 62.8 Å². The molecule has 3 aromatic rings. The summed E-state index contributed by atoms with van der Waals surface area (Å²) < 4.78 is 50.9. The molecule has 7 unspecified atom stereocenters. The zero-order chi connectivity index (χ0) is 35.8. The minimum Gasteiger partial charge on any atom is -0.422 e. The lowest BCUT2D eigenvalue weighted by atomic mass is 9.97. The van der Waals surface area contributed by atoms with Gasteiger partial charge in [0.15, 0.2) is 17.3 Å². The van der Waals surface area contributed by atoms with E-state index in [1.165, 1.54) is 13.1 Å². The van der Waals surface area contributed by atoms with E-state index in [1.54, 1.807) is 0 Å². The summed E-state index contributed by atoms with van der Waals surface area (Å²) in [6, 6.07) is 1.73. The van der Waals surface area contributed by atoms with E-state index >= 15 is 0 Å². The topological polar surface area (TPSA) is 239 Å². The van der Waals surface area contributed by atoms with Gasteiger partial charge in [-0.05, 0) is 31.5 Å². The third-order valence-electron chi connectivity index (χ3n) is 7.91. The lowest BCUT2D eigenvalue weighted by Crippen LogP contribution is -2.55. The number of carbonyl (C=O) groups is 1. The van der Waals surface area contributed by atoms with E-state index in [4.69, 9.17) is 18.6 Å². The highest BCUT2D eigenvalue weighted by Crippen LogP contribution is 2.35. The summed E-state index contributed by atoms with van der Waals surface area (Å²) >= 11 is 0.846. The summed E-state index contributed by atoms with van der Waals surface area (Å²) in [6.45, 7) is 1.67. The van der Waals surface area contributed by atoms with Gasteiger partial charge >= 0.3 is 5.63 Å². The second-order valence-corrected chi connectivity index (χ2v) is 12.4. The van der Waals surface area contributed by atoms with Crippen LogP contribution in [0.5, 0.6) is 0 Å². The molecule has 1 aliphatic heterocycles. The number of nitrogens with zero attached hydrogens (tertiary/aromatic N) is 3. The fourth-order valence-electron chi connectivity index (χ4n) is 5.16. The molecule has 19 heteroatoms. The number of hydrogen-bond donors (Lipinski definition) is 7. The van der Waals surface area contributed by atoms with Gasteiger partial charge in [0, 0.05) is 6.54 Å². The molecule has 0 radical (unpaired) electrons. The molecule has 0 bridgehead atoms. The Balaban J connectivity index is 1.39. The molecule has 1 saturated heterocycles. The van der Waals surface area contributed by atoms with Gasteiger partial charge in [0.1, 0.15) is 53.7 Å². The van der Waals surface area contributed by atoms with Gasteiger partial charge in [-0.25, -0.2) is 18.3 Å². The standard InChI is InChI=1S/C30H40F2N4O12S/c1-3-4-7-33-28(43)18-9-36(35-34-18)23-24(40)21(11-38)48-30(26(23)42)49-13-46-20(10-37)25(41)27(14(2)39)45-12-15-8-16-19(47-29(15)44)6-5-17(31)22(16)32/h5-6,8-9,14,20-21,23-27,30,37-42H,3-4,7,10-13H2,1-2H3,(H,33,43)/t14-,20+,21?,23?,24?,25?,26?,27?,30?/m0/s1. The molecule has 1 aromatic carbocycles. The second-order valence-electron chi connectivity index (χ2n) is 11.4. The van der Waals surface area contributed by atoms with Gasteiger partial charge in [0.25, 0.3) is 5.91 Å². The van der Waals surface area contributed by atoms with Crippen molar-refractivity contribution in [3.05, 3.63) is 57.7 Å². The Hall–Kier alpha value is -3.11. The molecule has 0 saturated carbocycles. The molecule has 1 amide bonds. The first-order valence-electron chi connectivity index (χ1n) is 15.5. The van der Waals surface area contributed by atoms with Crippen molar-refractivity contribution in [2.75, 3.05) is 25.7 Å². The van der Waals surface area contributed by atoms with Crippen LogP contribution in [0, 0.1) is 11.6 Å². The van der Waals surface area contributed by atoms with Crippen LogP contribution >= 0.6 is 11.8 Å². The molecule has 0 spiro atoms. The van der Waals surface area contributed by atoms with Crippen molar-refractivity contribution in [2.24, 2.45) is 0 Å². The number of thioether (sulfide) groups is 1. The molecule has 0 aliphatic carbocycles. The Morgan fingerprint density at radius 1 is 1.18 bits per heavy atom. The predicted octanol–water partition coefficient (Wildman–Crippen LogP) is -0.432. The summed E-state index contributed by atoms with van der Waals surface area (Å²) in [5, 5.41) is 73.1. The van der Waals surface area contributed by atoms with Crippen molar-refractivity contribution in [2.45, 2.75) is 87.5 Å². The second kappa shape index (κ2) is 17.7. The number of rotatable bonds is 17. The van der Waals surface area contributed by atoms with Gasteiger partial charge in [-0.15, -0.1) is 5.10 Å². The van der Waals surface area contributed by atoms with Crippen LogP contribution in [0.4, 0.5) is 8.78 Å². The predicted molar refractivity (Wildman–Crippen MR) is 167 cm³/mol. The van der Waals surface area contributed by atoms with E-state index in [1.807, 2.05) is 6.92 Å². The van der Waals surface area contributed by atoms with Crippen LogP contribution in [0.1, 0.15) is 48.8 Å². The highest BCUT2D eigenvalue weighted by Gasteiger charge is 2.46. The number of hydrogen-bond acceptors (Lipinski definition) is 15. The van der Waals surface area contributed by atoms with E-state index < -0.39 is 97.2 Å². The van der Waals surface area contributed by atoms with E-state index in [-0.39, 0.29) is 28.2 Å². The molecule has 1 fully saturated rings. The van der Waals surface area contributed by atoms with Gasteiger partial charge in [0.05, 0.1) is 49.0 Å². The van der Waals surface area contributed by atoms with Crippen LogP contribution < -0.4 is 10.9 Å². The van der Waals surface area contributed by atoms with Crippen LogP contribution in [0.15, 0.2) is 33.6 Å². The number of unbranched alkanes of at least 4 members (excludes halogenated alkanes) is 1. The molecule has 3 heterocycles. The van der Waals surface area contributed by atoms with Crippen molar-refractivity contribution >= 4 is 28.6 Å². The lowest BCUT2D eigenvalue weighted by Gasteiger charge is -2.41. The van der Waals surface area contributed by atoms with Gasteiger partial charge in [-0.2, -0.15) is 0 Å². The number of aliphatic hydroxyl groups is 6. The number of benzene rings is 1. The maximum absolute atomic E-state index is 14.3. The fourth-order valence-corrected chi connectivity index (χ4v) is 6.13. The molecule has 7 N–H and O–H groups in total. The summed E-state index contributed by atoms with van der Waals surface area (Å²) in [5.41, 5.74) is -2.54. The van der Waals surface area contributed by atoms with E-state index in [2.05, 4.69) is 15.6 Å². The average molecular weight is 719 g/mol. The van der Waals surface area contributed by atoms with E-state index in [0.717, 1.165) is 47.5 Å². The van der Waals surface area contributed by atoms with Crippen LogP contribution in [0.25, 0.3) is 11.0 Å². The Morgan fingerprint density at radius 2 is 1.94 bits per heavy atom. The summed E-state index contributed by atoms with van der Waals surface area (Å²) in [7, 11) is 0. The maximum Gasteiger partial charge on any atom is 0.341 e. The summed E-state index contributed by atoms with van der Waals surface area (Å²) in [6.07, 6.45) is -7.13. The number of carbonyl (C=O) groups excluding carboxylic acids is 1. The van der Waals surface area contributed by atoms with Gasteiger partial charge in [0.2, 0.25) is 0 Å². The maximum atomic E-state index is 14.3. The van der Waals surface area contributed by atoms with Crippen LogP contribution in [0.3, 0.4) is 0 Å². The summed E-state index contributed by atoms with van der Waals surface area (Å²) in [5.74, 6) is -3.23. The third kappa shape index (κ3) is 9.17. The molecule has 2 aromatic heterocycles. The Bertz CT molecular complexity index is 1600. The van der Waals surface area contributed by atoms with Gasteiger partial charge in [-0.3, -0.25) is 4.79 Å². The Morgan fingerprint density at radius 3 is 2.61 bits per heavy atom. The normalized spacial score (nSPS) is 23.7. The largest absolute Gasteiger partial charge is 0.422 e. The van der Waals surface area contributed by atoms with Crippen molar-refractivity contribution in [1.82, 2.24) is 20.3 Å². The molecule has 49 heavy (non-hydrogen) atoms. The monoisotopic (exact) mass is 718 g/mol. The molecule has 9 atom stereocenters. The van der Waals surface area contributed by atoms with E-state index in [0.29, 0.717) is 6.54 Å². The average Bonchev–Trinajstić information content (AvgIpc) is 3.56. The van der Waals surface area contributed by atoms with Crippen LogP contribution in [-0.4, -0.2) is 125 Å². The molecular weight excluding hydrogens is 678 g/mol. The first kappa shape index (κ1) is 38.7. The van der Waals surface area contributed by atoms with Crippen LogP contribution in [0.2, 0.25) is 0 Å². The SMILES string of the molecule is CCCCNC(=O)c1cn(C2C(O)C(CO)OC(SCO[C@H](CO)C(O)C(OCc3cc4c(F)c(F)ccc4oc3=O)[C@H](C)O)C2O)nn1. The van der Waals surface area contributed by atoms with Gasteiger partial charge in [-0.1, -0.05) is 30.3 Å². The molecule has 16 nitrogen and oxygen atoms in total. The number of aliphatic hydroxyl groups excluding tert-OH is 6. The van der Waals surface area contributed by atoms with E-state index in [9.17, 15) is 49.0 Å². The zero-order valence-corrected chi connectivity index (χ0v) is 27.4. The summed E-state index contributed by atoms with van der Waals surface area (Å²) in [4.78, 5) is 24.8. The molecular formula is C30H40F2N4O12S. The molecule has 4 rings (SSSR count). The molecule has 1 aliphatic rings. The highest BCUT2D eigenvalue weighted by molar-refractivity contribution is 7.99. The fraction of sp³-hybridized carbons (Fsp3) is 0.600. The number of aromatic nitrogens is 3. The minimum atomic E-state index is -1.69. The van der Waals surface area contributed by atoms with Crippen LogP contribution in [-0.2, 0) is 20.8 Å². The van der Waals surface area contributed by atoms with Crippen molar-refractivity contribution in [1.29, 1.82) is 0 Å². The Labute approximate surface area is 282 Å². The van der Waals surface area contributed by atoms with Crippen molar-refractivity contribution in [3.8, 4) is 0 Å². The Kier molecular flexibility index (Phi) is 14.0. The smallest absolute Gasteiger partial charge is 0.341 e. The number of halogens is 2. The number of nitrogens with one attached hydrogen (secondary N) is 1. The first-order valence-corrected chi connectivity index (χ1v) is 16.5. The van der Waals surface area contributed by atoms with Crippen molar-refractivity contribution in [3.63, 3.8) is 0 Å². The number of fused-ring (bicyclic) bond motifs is 1. The number of ether oxygens (including phenoxy) is 3. The van der Waals surface area contributed by atoms with Gasteiger partial charge < -0.3 is 54.6 Å².